The molecule has 0 N–H and O–H groups in total. The van der Waals surface area contributed by atoms with Crippen LogP contribution >= 0.6 is 18.1 Å². The van der Waals surface area contributed by atoms with Gasteiger partial charge in [0, 0.05) is 7.92 Å². The third-order valence-electron chi connectivity index (χ3n) is 6.23. The molecule has 3 aliphatic rings. The van der Waals surface area contributed by atoms with E-state index in [1.54, 1.807) is 96.3 Å². The van der Waals surface area contributed by atoms with Crippen LogP contribution in [0.3, 0.4) is 0 Å². The summed E-state index contributed by atoms with van der Waals surface area (Å²) in [7, 11) is 4.22. The Morgan fingerprint density at radius 1 is 0.500 bits per heavy atom. The molecule has 0 aromatic rings. The molecule has 3 fully saturated rings. The van der Waals surface area contributed by atoms with E-state index in [0.29, 0.717) is 0 Å². The number of hydrogen-bond donors (Lipinski definition) is 0. The summed E-state index contributed by atoms with van der Waals surface area (Å²) in [5.41, 5.74) is 3.68. The van der Waals surface area contributed by atoms with E-state index >= 15 is 0 Å². The van der Waals surface area contributed by atoms with Gasteiger partial charge in [0.25, 0.3) is 0 Å². The number of rotatable bonds is 3. The molecule has 4 heteroatoms. The van der Waals surface area contributed by atoms with Gasteiger partial charge < -0.3 is 12.4 Å². The van der Waals surface area contributed by atoms with Crippen molar-refractivity contribution in [2.24, 2.45) is 0 Å². The van der Waals surface area contributed by atoms with Gasteiger partial charge in [0.05, 0.1) is 17.0 Å². The van der Waals surface area contributed by atoms with Crippen molar-refractivity contribution in [3.8, 4) is 0 Å². The first-order valence-corrected chi connectivity index (χ1v) is 12.5. The molecule has 0 amide bonds. The van der Waals surface area contributed by atoms with Crippen LogP contribution in [0.1, 0.15) is 96.3 Å². The van der Waals surface area contributed by atoms with Crippen LogP contribution in [-0.4, -0.2) is 17.0 Å². The third-order valence-corrected chi connectivity index (χ3v) is 10.8. The van der Waals surface area contributed by atoms with Crippen molar-refractivity contribution in [2.45, 2.75) is 113 Å². The Bertz CT molecular complexity index is 217. The van der Waals surface area contributed by atoms with Crippen molar-refractivity contribution in [1.82, 2.24) is 0 Å². The van der Waals surface area contributed by atoms with Gasteiger partial charge in [0.15, 0.2) is 0 Å². The zero-order chi connectivity index (χ0) is 14.9. The molecule has 0 aromatic heterocycles. The molecule has 0 bridgehead atoms. The molecule has 0 spiro atoms. The molecule has 0 radical (unpaired) electrons. The van der Waals surface area contributed by atoms with Gasteiger partial charge >= 0.3 is 24.8 Å². The van der Waals surface area contributed by atoms with Crippen molar-refractivity contribution in [2.75, 3.05) is 0 Å². The molecule has 0 atom stereocenters. The first-order chi connectivity index (χ1) is 10.4. The molecule has 0 aromatic carbocycles. The molecule has 22 heavy (non-hydrogen) atoms. The quantitative estimate of drug-likeness (QED) is 0.489. The molecule has 3 aliphatic carbocycles. The molecule has 0 nitrogen and oxygen atoms in total. The monoisotopic (exact) mass is 409 g/mol. The van der Waals surface area contributed by atoms with Gasteiger partial charge in [0.1, 0.15) is 0 Å². The molecule has 0 heterocycles. The summed E-state index contributed by atoms with van der Waals surface area (Å²) >= 11 is 3.35. The molecule has 0 aliphatic heterocycles. The number of halogens is 2. The van der Waals surface area contributed by atoms with Crippen LogP contribution in [0.25, 0.3) is 0 Å². The van der Waals surface area contributed by atoms with Gasteiger partial charge in [-0.05, 0) is 77.0 Å². The summed E-state index contributed by atoms with van der Waals surface area (Å²) in [4.78, 5) is 0. The van der Waals surface area contributed by atoms with Gasteiger partial charge in [0.2, 0.25) is 0 Å². The minimum absolute atomic E-state index is 0. The molecule has 3 saturated carbocycles. The summed E-state index contributed by atoms with van der Waals surface area (Å²) in [6.07, 6.45) is 23.8. The molecular formula is C18H34Cl2NiP. The van der Waals surface area contributed by atoms with E-state index in [1.807, 2.05) is 0 Å². The Labute approximate surface area is 158 Å². The normalized spacial score (nSPS) is 25.3. The predicted octanol–water partition coefficient (Wildman–Crippen LogP) is 3.89. The standard InChI is InChI=1S/C18H33P.2ClH.Ni/c1-4-10-16(11-5-1)19(17-12-6-2-7-13-17)18-14-8-3-9-15-18;;;/h16-18H,1-15H2;2*1H;/q;;;+1/p-1. The van der Waals surface area contributed by atoms with Gasteiger partial charge in [-0.3, -0.25) is 0 Å². The Morgan fingerprint density at radius 2 is 0.727 bits per heavy atom. The fraction of sp³-hybridized carbons (Fsp3) is 1.00. The molecule has 0 saturated heterocycles. The Balaban J connectivity index is 0.000000775. The predicted molar refractivity (Wildman–Crippen MR) is 94.8 cm³/mol. The van der Waals surface area contributed by atoms with Crippen LogP contribution in [0.15, 0.2) is 0 Å². The van der Waals surface area contributed by atoms with Gasteiger partial charge in [-0.2, -0.15) is 0 Å². The number of hydrogen-bond acceptors (Lipinski definition) is 0. The van der Waals surface area contributed by atoms with Crippen LogP contribution in [0.2, 0.25) is 0 Å². The zero-order valence-electron chi connectivity index (χ0n) is 13.9. The van der Waals surface area contributed by atoms with Crippen molar-refractivity contribution in [3.05, 3.63) is 0 Å². The van der Waals surface area contributed by atoms with E-state index in [9.17, 15) is 0 Å². The SMILES string of the molecule is C1CCC([PH+](C2CCCCC2)C2CCCCC2)CC1.[Cl-].[Cl][Ni]. The van der Waals surface area contributed by atoms with Crippen LogP contribution in [0, 0.1) is 0 Å². The Kier molecular flexibility index (Phi) is 12.5. The molecule has 3 rings (SSSR count). The first-order valence-electron chi connectivity index (χ1n) is 9.44. The van der Waals surface area contributed by atoms with Crippen molar-refractivity contribution < 1.29 is 27.0 Å². The summed E-state index contributed by atoms with van der Waals surface area (Å²) < 4.78 is 0. The van der Waals surface area contributed by atoms with Gasteiger partial charge in [-0.25, -0.2) is 0 Å². The molecule has 135 valence electrons. The topological polar surface area (TPSA) is 0 Å². The summed E-state index contributed by atoms with van der Waals surface area (Å²) in [5.74, 6) is 0. The maximum atomic E-state index is 4.26. The van der Waals surface area contributed by atoms with E-state index in [4.69, 9.17) is 0 Å². The first kappa shape index (κ1) is 21.5. The van der Waals surface area contributed by atoms with Crippen molar-refractivity contribution >= 4 is 18.1 Å². The second-order valence-corrected chi connectivity index (χ2v) is 11.0. The van der Waals surface area contributed by atoms with Crippen molar-refractivity contribution in [3.63, 3.8) is 0 Å². The summed E-state index contributed by atoms with van der Waals surface area (Å²) in [6, 6.07) is 0. The average molecular weight is 411 g/mol. The Morgan fingerprint density at radius 3 is 0.955 bits per heavy atom. The van der Waals surface area contributed by atoms with Crippen molar-refractivity contribution in [1.29, 1.82) is 0 Å². The second-order valence-electron chi connectivity index (χ2n) is 7.50. The van der Waals surface area contributed by atoms with Crippen LogP contribution in [0.5, 0.6) is 0 Å². The van der Waals surface area contributed by atoms with Gasteiger partial charge in [-0.15, -0.1) is 0 Å². The van der Waals surface area contributed by atoms with Crippen LogP contribution < -0.4 is 12.4 Å². The fourth-order valence-electron chi connectivity index (χ4n) is 5.31. The zero-order valence-corrected chi connectivity index (χ0v) is 17.4. The second kappa shape index (κ2) is 12.8. The summed E-state index contributed by atoms with van der Waals surface area (Å²) in [6.45, 7) is 0. The molecular weight excluding hydrogens is 377 g/mol. The van der Waals surface area contributed by atoms with Gasteiger partial charge in [-0.1, -0.05) is 19.3 Å². The van der Waals surface area contributed by atoms with E-state index in [-0.39, 0.29) is 20.3 Å². The minimum atomic E-state index is -0.0465. The fourth-order valence-corrected chi connectivity index (χ4v) is 10.5. The molecule has 0 unspecified atom stereocenters. The summed E-state index contributed by atoms with van der Waals surface area (Å²) in [5, 5.41) is 0. The third kappa shape index (κ3) is 6.43. The van der Waals surface area contributed by atoms with Crippen LogP contribution in [0.4, 0.5) is 0 Å². The average Bonchev–Trinajstić information content (AvgIpc) is 2.60. The van der Waals surface area contributed by atoms with E-state index in [2.05, 4.69) is 24.8 Å². The van der Waals surface area contributed by atoms with E-state index in [1.165, 1.54) is 17.0 Å². The van der Waals surface area contributed by atoms with E-state index in [0.717, 1.165) is 0 Å². The van der Waals surface area contributed by atoms with Crippen LogP contribution in [-0.2, 0) is 14.6 Å². The maximum absolute atomic E-state index is 4.26. The Hall–Kier alpha value is 1.50. The van der Waals surface area contributed by atoms with E-state index < -0.39 is 0 Å².